The summed E-state index contributed by atoms with van der Waals surface area (Å²) in [4.78, 5) is 30.4. The van der Waals surface area contributed by atoms with E-state index in [1.54, 1.807) is 18.3 Å². The molecule has 0 radical (unpaired) electrons. The first-order valence-corrected chi connectivity index (χ1v) is 10.6. The predicted octanol–water partition coefficient (Wildman–Crippen LogP) is 3.97. The topological polar surface area (TPSA) is 127 Å². The lowest BCUT2D eigenvalue weighted by atomic mass is 10.0. The number of hydrogen-bond acceptors (Lipinski definition) is 7. The molecule has 5 rings (SSSR count). The molecule has 0 aliphatic heterocycles. The van der Waals surface area contributed by atoms with Gasteiger partial charge in [-0.25, -0.2) is 15.0 Å². The highest BCUT2D eigenvalue weighted by atomic mass is 16.3. The second kappa shape index (κ2) is 8.95. The minimum Gasteiger partial charge on any atom is -0.493 e. The Hall–Kier alpha value is -4.85. The molecule has 1 amide bonds. The molecule has 0 aliphatic carbocycles. The number of fused-ring (bicyclic) bond motifs is 1. The van der Waals surface area contributed by atoms with Crippen molar-refractivity contribution in [3.05, 3.63) is 96.4 Å². The molecule has 0 aliphatic rings. The van der Waals surface area contributed by atoms with Crippen molar-refractivity contribution in [1.82, 2.24) is 25.3 Å². The minimum absolute atomic E-state index is 0.00402. The van der Waals surface area contributed by atoms with Crippen LogP contribution in [0.15, 0.2) is 85.2 Å². The van der Waals surface area contributed by atoms with Crippen LogP contribution < -0.4 is 11.1 Å². The zero-order chi connectivity index (χ0) is 23.5. The Labute approximate surface area is 195 Å². The lowest BCUT2D eigenvalue weighted by Gasteiger charge is -2.14. The van der Waals surface area contributed by atoms with E-state index in [1.165, 1.54) is 6.20 Å². The van der Waals surface area contributed by atoms with E-state index in [2.05, 4.69) is 25.3 Å². The third-order valence-electron chi connectivity index (χ3n) is 5.37. The molecule has 0 saturated heterocycles. The normalized spacial score (nSPS) is 10.8. The van der Waals surface area contributed by atoms with E-state index < -0.39 is 5.91 Å². The molecule has 0 saturated carbocycles. The number of amides is 1. The Morgan fingerprint density at radius 1 is 0.853 bits per heavy atom. The standard InChI is InChI=1S/C26H20N6O2/c27-24-23(26(34)30-15-19-9-5-13-29-25(19)33)31-22(21(32-24)16-6-2-1-3-7-16)18-10-11-20-17(14-18)8-4-12-28-20/h1-14H,15H2,(H2,27,32)(H,29,33)(H,30,34). The lowest BCUT2D eigenvalue weighted by Crippen LogP contribution is -2.26. The van der Waals surface area contributed by atoms with Crippen LogP contribution >= 0.6 is 0 Å². The Balaban J connectivity index is 1.58. The summed E-state index contributed by atoms with van der Waals surface area (Å²) in [5.74, 6) is -0.638. The molecule has 0 bridgehead atoms. The summed E-state index contributed by atoms with van der Waals surface area (Å²) in [6.45, 7) is 0.0665. The van der Waals surface area contributed by atoms with E-state index in [9.17, 15) is 9.90 Å². The highest BCUT2D eigenvalue weighted by Crippen LogP contribution is 2.32. The van der Waals surface area contributed by atoms with Gasteiger partial charge in [0.2, 0.25) is 5.88 Å². The van der Waals surface area contributed by atoms with Crippen LogP contribution in [-0.4, -0.2) is 30.9 Å². The van der Waals surface area contributed by atoms with Crippen LogP contribution in [-0.2, 0) is 6.54 Å². The van der Waals surface area contributed by atoms with Gasteiger partial charge in [0, 0.05) is 41.0 Å². The average molecular weight is 448 g/mol. The van der Waals surface area contributed by atoms with Gasteiger partial charge < -0.3 is 16.2 Å². The summed E-state index contributed by atoms with van der Waals surface area (Å²) >= 11 is 0. The summed E-state index contributed by atoms with van der Waals surface area (Å²) in [5, 5.41) is 13.5. The maximum Gasteiger partial charge on any atom is 0.274 e. The van der Waals surface area contributed by atoms with E-state index in [0.29, 0.717) is 17.0 Å². The number of nitrogen functional groups attached to an aromatic ring is 1. The number of benzene rings is 2. The van der Waals surface area contributed by atoms with Crippen molar-refractivity contribution < 1.29 is 9.90 Å². The number of aromatic nitrogens is 4. The van der Waals surface area contributed by atoms with Gasteiger partial charge in [-0.2, -0.15) is 0 Å². The van der Waals surface area contributed by atoms with Crippen molar-refractivity contribution in [3.63, 3.8) is 0 Å². The fourth-order valence-electron chi connectivity index (χ4n) is 3.66. The molecule has 3 heterocycles. The molecule has 0 spiro atoms. The van der Waals surface area contributed by atoms with E-state index >= 15 is 0 Å². The Bertz CT molecular complexity index is 1500. The van der Waals surface area contributed by atoms with Gasteiger partial charge in [0.05, 0.1) is 16.9 Å². The van der Waals surface area contributed by atoms with Gasteiger partial charge >= 0.3 is 0 Å². The minimum atomic E-state index is -0.503. The fraction of sp³-hybridized carbons (Fsp3) is 0.0385. The molecule has 166 valence electrons. The molecular formula is C26H20N6O2. The lowest BCUT2D eigenvalue weighted by molar-refractivity contribution is 0.0946. The van der Waals surface area contributed by atoms with Crippen LogP contribution in [0.3, 0.4) is 0 Å². The SMILES string of the molecule is Nc1nc(-c2ccccc2)c(-c2ccc3ncccc3c2)nc1C(=O)NCc1cccnc1O. The van der Waals surface area contributed by atoms with Crippen molar-refractivity contribution in [2.75, 3.05) is 5.73 Å². The van der Waals surface area contributed by atoms with Crippen molar-refractivity contribution in [2.24, 2.45) is 0 Å². The zero-order valence-corrected chi connectivity index (χ0v) is 18.0. The molecule has 8 nitrogen and oxygen atoms in total. The summed E-state index contributed by atoms with van der Waals surface area (Å²) < 4.78 is 0. The quantitative estimate of drug-likeness (QED) is 0.371. The molecule has 2 aromatic carbocycles. The van der Waals surface area contributed by atoms with Crippen LogP contribution in [0.25, 0.3) is 33.4 Å². The van der Waals surface area contributed by atoms with Gasteiger partial charge in [0.15, 0.2) is 11.5 Å². The largest absolute Gasteiger partial charge is 0.493 e. The third-order valence-corrected chi connectivity index (χ3v) is 5.37. The number of rotatable bonds is 5. The summed E-state index contributed by atoms with van der Waals surface area (Å²) in [5.41, 5.74) is 10.2. The number of hydrogen-bond donors (Lipinski definition) is 3. The molecule has 0 fully saturated rings. The van der Waals surface area contributed by atoms with E-state index in [-0.39, 0.29) is 23.9 Å². The van der Waals surface area contributed by atoms with E-state index in [0.717, 1.165) is 22.0 Å². The van der Waals surface area contributed by atoms with Gasteiger partial charge in [-0.3, -0.25) is 9.78 Å². The van der Waals surface area contributed by atoms with Gasteiger partial charge in [0.25, 0.3) is 5.91 Å². The fourth-order valence-corrected chi connectivity index (χ4v) is 3.66. The first-order chi connectivity index (χ1) is 16.6. The van der Waals surface area contributed by atoms with Crippen molar-refractivity contribution in [1.29, 1.82) is 0 Å². The van der Waals surface area contributed by atoms with Crippen molar-refractivity contribution in [3.8, 4) is 28.4 Å². The number of nitrogens with two attached hydrogens (primary N) is 1. The molecular weight excluding hydrogens is 428 g/mol. The predicted molar refractivity (Wildman–Crippen MR) is 130 cm³/mol. The maximum absolute atomic E-state index is 13.0. The van der Waals surface area contributed by atoms with E-state index in [4.69, 9.17) is 5.73 Å². The van der Waals surface area contributed by atoms with Gasteiger partial charge in [-0.1, -0.05) is 48.5 Å². The highest BCUT2D eigenvalue weighted by molar-refractivity contribution is 5.98. The maximum atomic E-state index is 13.0. The summed E-state index contributed by atoms with van der Waals surface area (Å²) in [7, 11) is 0. The number of carbonyl (C=O) groups excluding carboxylic acids is 1. The second-order valence-corrected chi connectivity index (χ2v) is 7.60. The Kier molecular flexibility index (Phi) is 5.53. The molecule has 5 aromatic rings. The number of nitrogens with one attached hydrogen (secondary N) is 1. The van der Waals surface area contributed by atoms with Crippen LogP contribution in [0.5, 0.6) is 5.88 Å². The molecule has 34 heavy (non-hydrogen) atoms. The monoisotopic (exact) mass is 448 g/mol. The van der Waals surface area contributed by atoms with Crippen molar-refractivity contribution in [2.45, 2.75) is 6.54 Å². The van der Waals surface area contributed by atoms with Gasteiger partial charge in [0.1, 0.15) is 0 Å². The Morgan fingerprint density at radius 2 is 1.62 bits per heavy atom. The molecule has 0 atom stereocenters. The number of pyridine rings is 2. The van der Waals surface area contributed by atoms with Gasteiger partial charge in [-0.15, -0.1) is 0 Å². The third kappa shape index (κ3) is 4.12. The number of anilines is 1. The number of carbonyl (C=O) groups is 1. The number of nitrogens with zero attached hydrogens (tertiary/aromatic N) is 4. The zero-order valence-electron chi connectivity index (χ0n) is 18.0. The van der Waals surface area contributed by atoms with Crippen molar-refractivity contribution >= 4 is 22.6 Å². The first-order valence-electron chi connectivity index (χ1n) is 10.6. The molecule has 3 aromatic heterocycles. The van der Waals surface area contributed by atoms with E-state index in [1.807, 2.05) is 60.7 Å². The van der Waals surface area contributed by atoms with Crippen LogP contribution in [0.2, 0.25) is 0 Å². The smallest absolute Gasteiger partial charge is 0.274 e. The highest BCUT2D eigenvalue weighted by Gasteiger charge is 2.20. The van der Waals surface area contributed by atoms with Gasteiger partial charge in [-0.05, 0) is 24.3 Å². The average Bonchev–Trinajstić information content (AvgIpc) is 2.88. The second-order valence-electron chi connectivity index (χ2n) is 7.60. The first kappa shape index (κ1) is 21.0. The molecule has 0 unspecified atom stereocenters. The summed E-state index contributed by atoms with van der Waals surface area (Å²) in [6, 6.07) is 22.5. The summed E-state index contributed by atoms with van der Waals surface area (Å²) in [6.07, 6.45) is 3.21. The van der Waals surface area contributed by atoms with Crippen LogP contribution in [0.1, 0.15) is 16.1 Å². The number of aromatic hydroxyl groups is 1. The van der Waals surface area contributed by atoms with Crippen LogP contribution in [0.4, 0.5) is 5.82 Å². The van der Waals surface area contributed by atoms with Crippen LogP contribution in [0, 0.1) is 0 Å². The molecule has 4 N–H and O–H groups in total. The molecule has 8 heteroatoms. The Morgan fingerprint density at radius 3 is 2.44 bits per heavy atom.